The van der Waals surface area contributed by atoms with Crippen molar-refractivity contribution in [2.45, 2.75) is 61.4 Å². The molecule has 5 rings (SSSR count). The topological polar surface area (TPSA) is 270 Å². The van der Waals surface area contributed by atoms with Crippen molar-refractivity contribution in [1.82, 2.24) is 0 Å². The monoisotopic (exact) mass is 608 g/mol. The fraction of sp³-hybridized carbons (Fsp3) is 0.444. The van der Waals surface area contributed by atoms with Gasteiger partial charge in [-0.25, -0.2) is 4.79 Å². The molecule has 16 heteroatoms. The molecule has 232 valence electrons. The van der Waals surface area contributed by atoms with E-state index in [1.165, 1.54) is 18.2 Å². The molecule has 2 fully saturated rings. The first-order valence-electron chi connectivity index (χ1n) is 13.0. The van der Waals surface area contributed by atoms with Gasteiger partial charge in [-0.2, -0.15) is 0 Å². The lowest BCUT2D eigenvalue weighted by Crippen LogP contribution is -2.60. The quantitative estimate of drug-likeness (QED) is 0.126. The van der Waals surface area contributed by atoms with Gasteiger partial charge in [0.25, 0.3) is 0 Å². The molecule has 2 aromatic carbocycles. The summed E-state index contributed by atoms with van der Waals surface area (Å²) in [7, 11) is 0. The number of carbonyl (C=O) groups is 3. The van der Waals surface area contributed by atoms with Crippen LogP contribution >= 0.6 is 0 Å². The van der Waals surface area contributed by atoms with E-state index in [9.17, 15) is 60.3 Å². The number of aliphatic hydroxyl groups is 8. The third-order valence-corrected chi connectivity index (χ3v) is 7.50. The lowest BCUT2D eigenvalue weighted by atomic mass is 9.82. The highest BCUT2D eigenvalue weighted by Crippen LogP contribution is 2.40. The van der Waals surface area contributed by atoms with Crippen LogP contribution in [-0.4, -0.2) is 138 Å². The van der Waals surface area contributed by atoms with E-state index in [-0.39, 0.29) is 16.9 Å². The average molecular weight is 609 g/mol. The van der Waals surface area contributed by atoms with Crippen LogP contribution in [0.25, 0.3) is 0 Å². The predicted octanol–water partition coefficient (Wildman–Crippen LogP) is -3.48. The van der Waals surface area contributed by atoms with Gasteiger partial charge in [0.2, 0.25) is 18.4 Å². The Morgan fingerprint density at radius 1 is 0.674 bits per heavy atom. The van der Waals surface area contributed by atoms with Gasteiger partial charge >= 0.3 is 5.97 Å². The van der Waals surface area contributed by atoms with Gasteiger partial charge in [-0.05, 0) is 18.2 Å². The number of ether oxygens (including phenoxy) is 4. The summed E-state index contributed by atoms with van der Waals surface area (Å²) in [5.41, 5.74) is -1.98. The normalized spacial score (nSPS) is 33.9. The summed E-state index contributed by atoms with van der Waals surface area (Å²) in [6, 6.07) is 5.62. The standard InChI is InChI=1S/C27H28O16/c28-6-13-18(31)21(34)23(36)26(42-13)40-11-3-1-2-9-15(11)20(33)16-10(17(9)30)4-8(25(38)39)5-12(16)41-27-24(37)22(35)19(32)14(7-29)43-27/h1-5,13-14,18-19,21-24,26-29,31-32,34-37H,6-7H2,(H,38,39)/t13-,14-,18-,19+,21+,22+,23-,24-,26-,27-/m1/s1. The largest absolute Gasteiger partial charge is 0.478 e. The van der Waals surface area contributed by atoms with Crippen molar-refractivity contribution in [1.29, 1.82) is 0 Å². The molecule has 0 bridgehead atoms. The van der Waals surface area contributed by atoms with E-state index in [1.807, 2.05) is 0 Å². The molecule has 2 heterocycles. The summed E-state index contributed by atoms with van der Waals surface area (Å²) in [6.07, 6.45) is -17.2. The minimum atomic E-state index is -1.94. The van der Waals surface area contributed by atoms with Gasteiger partial charge in [0.05, 0.1) is 29.9 Å². The second-order valence-electron chi connectivity index (χ2n) is 10.2. The zero-order valence-corrected chi connectivity index (χ0v) is 22.0. The Hall–Kier alpha value is -3.55. The number of fused-ring (bicyclic) bond motifs is 2. The number of carbonyl (C=O) groups excluding carboxylic acids is 2. The molecular weight excluding hydrogens is 580 g/mol. The van der Waals surface area contributed by atoms with Crippen LogP contribution in [0.5, 0.6) is 11.5 Å². The van der Waals surface area contributed by atoms with Gasteiger partial charge in [0, 0.05) is 11.1 Å². The summed E-state index contributed by atoms with van der Waals surface area (Å²) >= 11 is 0. The third kappa shape index (κ3) is 5.27. The zero-order valence-electron chi connectivity index (χ0n) is 22.0. The number of carboxylic acids is 1. The van der Waals surface area contributed by atoms with E-state index in [0.717, 1.165) is 12.1 Å². The van der Waals surface area contributed by atoms with Crippen LogP contribution in [0, 0.1) is 0 Å². The molecule has 2 aliphatic heterocycles. The number of ketones is 2. The van der Waals surface area contributed by atoms with Crippen molar-refractivity contribution in [3.05, 3.63) is 58.1 Å². The zero-order chi connectivity index (χ0) is 31.3. The maximum absolute atomic E-state index is 14.0. The molecule has 1 aliphatic carbocycles. The highest BCUT2D eigenvalue weighted by atomic mass is 16.7. The van der Waals surface area contributed by atoms with Gasteiger partial charge in [0.1, 0.15) is 60.3 Å². The fourth-order valence-corrected chi connectivity index (χ4v) is 5.15. The molecule has 43 heavy (non-hydrogen) atoms. The maximum atomic E-state index is 14.0. The lowest BCUT2D eigenvalue weighted by Gasteiger charge is -2.40. The molecule has 0 spiro atoms. The van der Waals surface area contributed by atoms with E-state index in [1.54, 1.807) is 0 Å². The number of benzene rings is 2. The molecule has 2 aromatic rings. The molecule has 9 N–H and O–H groups in total. The first-order valence-corrected chi connectivity index (χ1v) is 13.0. The smallest absolute Gasteiger partial charge is 0.335 e. The number of rotatable bonds is 7. The summed E-state index contributed by atoms with van der Waals surface area (Å²) < 4.78 is 21.9. The van der Waals surface area contributed by atoms with Crippen LogP contribution < -0.4 is 9.47 Å². The van der Waals surface area contributed by atoms with Crippen LogP contribution in [0.15, 0.2) is 30.3 Å². The highest BCUT2D eigenvalue weighted by molar-refractivity contribution is 6.30. The minimum Gasteiger partial charge on any atom is -0.478 e. The number of aromatic carboxylic acids is 1. The van der Waals surface area contributed by atoms with Gasteiger partial charge < -0.3 is 64.9 Å². The molecule has 10 atom stereocenters. The molecular formula is C27H28O16. The molecule has 0 aromatic heterocycles. The molecule has 0 unspecified atom stereocenters. The summed E-state index contributed by atoms with van der Waals surface area (Å²) in [6.45, 7) is -1.56. The SMILES string of the molecule is O=C(O)c1cc(O[C@@H]2O[C@H](CO)[C@H](O)[C@H](O)[C@H]2O)c2c(c1)C(=O)c1cccc(O[C@@H]3O[C@H](CO)[C@@H](O)[C@H](O)[C@H]3O)c1C2=O. The van der Waals surface area contributed by atoms with Crippen LogP contribution in [-0.2, 0) is 9.47 Å². The van der Waals surface area contributed by atoms with E-state index in [0.29, 0.717) is 0 Å². The Morgan fingerprint density at radius 2 is 1.19 bits per heavy atom. The predicted molar refractivity (Wildman–Crippen MR) is 135 cm³/mol. The van der Waals surface area contributed by atoms with Crippen molar-refractivity contribution in [2.24, 2.45) is 0 Å². The van der Waals surface area contributed by atoms with E-state index in [4.69, 9.17) is 18.9 Å². The second kappa shape index (κ2) is 11.9. The van der Waals surface area contributed by atoms with Crippen LogP contribution in [0.2, 0.25) is 0 Å². The van der Waals surface area contributed by atoms with Crippen molar-refractivity contribution in [3.63, 3.8) is 0 Å². The van der Waals surface area contributed by atoms with Gasteiger partial charge in [0.15, 0.2) is 5.78 Å². The Labute approximate surface area is 241 Å². The molecule has 0 radical (unpaired) electrons. The Kier molecular flexibility index (Phi) is 8.52. The molecule has 3 aliphatic rings. The van der Waals surface area contributed by atoms with Crippen molar-refractivity contribution in [2.75, 3.05) is 13.2 Å². The van der Waals surface area contributed by atoms with Gasteiger partial charge in [-0.15, -0.1) is 0 Å². The fourth-order valence-electron chi connectivity index (χ4n) is 5.15. The summed E-state index contributed by atoms with van der Waals surface area (Å²) in [5, 5.41) is 89.9. The minimum absolute atomic E-state index is 0.235. The molecule has 0 amide bonds. The van der Waals surface area contributed by atoms with Crippen molar-refractivity contribution < 1.29 is 79.3 Å². The molecule has 0 saturated carbocycles. The van der Waals surface area contributed by atoms with Crippen LogP contribution in [0.4, 0.5) is 0 Å². The van der Waals surface area contributed by atoms with E-state index < -0.39 is 115 Å². The third-order valence-electron chi connectivity index (χ3n) is 7.50. The summed E-state index contributed by atoms with van der Waals surface area (Å²) in [5.74, 6) is -4.18. The van der Waals surface area contributed by atoms with E-state index >= 15 is 0 Å². The van der Waals surface area contributed by atoms with E-state index in [2.05, 4.69) is 0 Å². The lowest BCUT2D eigenvalue weighted by molar-refractivity contribution is -0.277. The molecule has 2 saturated heterocycles. The molecule has 16 nitrogen and oxygen atoms in total. The van der Waals surface area contributed by atoms with Crippen molar-refractivity contribution in [3.8, 4) is 11.5 Å². The highest BCUT2D eigenvalue weighted by Gasteiger charge is 2.47. The Morgan fingerprint density at radius 3 is 1.70 bits per heavy atom. The van der Waals surface area contributed by atoms with Crippen molar-refractivity contribution >= 4 is 17.5 Å². The average Bonchev–Trinajstić information content (AvgIpc) is 2.99. The van der Waals surface area contributed by atoms with Gasteiger partial charge in [-0.1, -0.05) is 12.1 Å². The maximum Gasteiger partial charge on any atom is 0.335 e. The van der Waals surface area contributed by atoms with Gasteiger partial charge in [-0.3, -0.25) is 9.59 Å². The van der Waals surface area contributed by atoms with Crippen LogP contribution in [0.3, 0.4) is 0 Å². The number of hydrogen-bond donors (Lipinski definition) is 9. The number of hydrogen-bond acceptors (Lipinski definition) is 15. The second-order valence-corrected chi connectivity index (χ2v) is 10.2. The first kappa shape index (κ1) is 30.9. The number of aliphatic hydroxyl groups excluding tert-OH is 8. The van der Waals surface area contributed by atoms with Crippen LogP contribution in [0.1, 0.15) is 42.2 Å². The number of carboxylic acid groups (broad SMARTS) is 1. The Balaban J connectivity index is 1.56. The summed E-state index contributed by atoms with van der Waals surface area (Å²) in [4.78, 5) is 39.5. The Bertz CT molecular complexity index is 1420. The first-order chi connectivity index (χ1) is 20.4.